The number of benzene rings is 1. The second kappa shape index (κ2) is 6.71. The first-order valence-electron chi connectivity index (χ1n) is 7.02. The first-order valence-corrected chi connectivity index (χ1v) is 7.81. The summed E-state index contributed by atoms with van der Waals surface area (Å²) in [6, 6.07) is 3.98. The molecule has 3 nitrogen and oxygen atoms in total. The van der Waals surface area contributed by atoms with Crippen molar-refractivity contribution in [2.45, 2.75) is 44.1 Å². The van der Waals surface area contributed by atoms with E-state index in [1.807, 2.05) is 0 Å². The predicted molar refractivity (Wildman–Crippen MR) is 86.1 cm³/mol. The van der Waals surface area contributed by atoms with E-state index in [1.54, 1.807) is 0 Å². The molecule has 0 radical (unpaired) electrons. The van der Waals surface area contributed by atoms with Crippen LogP contribution in [0.4, 0.5) is 4.39 Å². The van der Waals surface area contributed by atoms with Crippen LogP contribution in [0.1, 0.15) is 48.9 Å². The molecule has 1 aliphatic carbocycles. The van der Waals surface area contributed by atoms with Gasteiger partial charge in [-0.3, -0.25) is 4.79 Å². The highest BCUT2D eigenvalue weighted by Gasteiger charge is 2.35. The van der Waals surface area contributed by atoms with Crippen molar-refractivity contribution in [3.63, 3.8) is 0 Å². The highest BCUT2D eigenvalue weighted by molar-refractivity contribution is 7.80. The fraction of sp³-hybridized carbons (Fsp3) is 0.467. The molecule has 1 fully saturated rings. The molecule has 0 atom stereocenters. The van der Waals surface area contributed by atoms with Crippen molar-refractivity contribution < 1.29 is 9.18 Å². The molecule has 0 unspecified atom stereocenters. The van der Waals surface area contributed by atoms with Crippen LogP contribution in [0.5, 0.6) is 0 Å². The third-order valence-electron chi connectivity index (χ3n) is 3.96. The van der Waals surface area contributed by atoms with Gasteiger partial charge in [-0.1, -0.05) is 49.5 Å². The number of hydrogen-bond acceptors (Lipinski definition) is 2. The molecular weight excluding hydrogens is 311 g/mol. The van der Waals surface area contributed by atoms with Gasteiger partial charge in [0.2, 0.25) is 0 Å². The van der Waals surface area contributed by atoms with Crippen molar-refractivity contribution in [1.29, 1.82) is 0 Å². The van der Waals surface area contributed by atoms with Crippen molar-refractivity contribution in [3.8, 4) is 0 Å². The van der Waals surface area contributed by atoms with Crippen LogP contribution in [-0.2, 0) is 0 Å². The van der Waals surface area contributed by atoms with Gasteiger partial charge in [-0.25, -0.2) is 4.39 Å². The van der Waals surface area contributed by atoms with E-state index in [9.17, 15) is 9.18 Å². The number of hydrogen-bond donors (Lipinski definition) is 2. The fourth-order valence-electron chi connectivity index (χ4n) is 2.69. The van der Waals surface area contributed by atoms with Crippen LogP contribution in [0, 0.1) is 5.82 Å². The molecule has 1 aromatic rings. The number of nitrogens with one attached hydrogen (secondary N) is 1. The van der Waals surface area contributed by atoms with E-state index in [4.69, 9.17) is 29.6 Å². The maximum atomic E-state index is 13.5. The first-order chi connectivity index (χ1) is 9.94. The monoisotopic (exact) mass is 328 g/mol. The van der Waals surface area contributed by atoms with Crippen LogP contribution >= 0.6 is 23.8 Å². The zero-order chi connectivity index (χ0) is 15.5. The van der Waals surface area contributed by atoms with Crippen LogP contribution in [0.15, 0.2) is 18.2 Å². The molecule has 1 amide bonds. The molecule has 0 saturated heterocycles. The molecule has 0 spiro atoms. The molecule has 0 aliphatic heterocycles. The van der Waals surface area contributed by atoms with Gasteiger partial charge in [-0.15, -0.1) is 0 Å². The van der Waals surface area contributed by atoms with E-state index in [-0.39, 0.29) is 16.5 Å². The van der Waals surface area contributed by atoms with E-state index in [1.165, 1.54) is 12.1 Å². The maximum Gasteiger partial charge on any atom is 0.252 e. The van der Waals surface area contributed by atoms with E-state index in [0.29, 0.717) is 4.99 Å². The Morgan fingerprint density at radius 3 is 2.43 bits per heavy atom. The average molecular weight is 329 g/mol. The third kappa shape index (κ3) is 3.71. The number of thiocarbonyl (C=S) groups is 1. The van der Waals surface area contributed by atoms with Crippen molar-refractivity contribution in [2.24, 2.45) is 5.73 Å². The lowest BCUT2D eigenvalue weighted by molar-refractivity contribution is 0.0917. The van der Waals surface area contributed by atoms with Gasteiger partial charge in [0.05, 0.1) is 15.6 Å². The average Bonchev–Trinajstić information content (AvgIpc) is 2.68. The molecule has 3 N–H and O–H groups in total. The fourth-order valence-corrected chi connectivity index (χ4v) is 3.06. The lowest BCUT2D eigenvalue weighted by Crippen LogP contribution is -2.56. The van der Waals surface area contributed by atoms with Gasteiger partial charge in [-0.05, 0) is 31.0 Å². The Kier molecular flexibility index (Phi) is 5.17. The highest BCUT2D eigenvalue weighted by Crippen LogP contribution is 2.28. The Labute approximate surface area is 134 Å². The zero-order valence-corrected chi connectivity index (χ0v) is 13.2. The summed E-state index contributed by atoms with van der Waals surface area (Å²) >= 11 is 10.8. The Morgan fingerprint density at radius 1 is 1.29 bits per heavy atom. The van der Waals surface area contributed by atoms with Crippen molar-refractivity contribution in [2.75, 3.05) is 0 Å². The summed E-state index contributed by atoms with van der Waals surface area (Å²) in [5.41, 5.74) is 5.43. The summed E-state index contributed by atoms with van der Waals surface area (Å²) in [6.45, 7) is 0. The van der Waals surface area contributed by atoms with Gasteiger partial charge < -0.3 is 11.1 Å². The predicted octanol–water partition coefficient (Wildman–Crippen LogP) is 3.59. The standard InChI is InChI=1S/C15H18ClFN2OS/c16-11-6-5-10(9-12(11)17)13(20)19-15(14(18)21)7-3-1-2-4-8-15/h5-6,9H,1-4,7-8H2,(H2,18,21)(H,19,20). The Bertz CT molecular complexity index is 557. The normalized spacial score (nSPS) is 17.8. The minimum Gasteiger partial charge on any atom is -0.391 e. The number of carbonyl (C=O) groups is 1. The van der Waals surface area contributed by atoms with E-state index in [2.05, 4.69) is 5.32 Å². The lowest BCUT2D eigenvalue weighted by atomic mass is 9.89. The van der Waals surface area contributed by atoms with Gasteiger partial charge in [0.25, 0.3) is 5.91 Å². The molecule has 21 heavy (non-hydrogen) atoms. The third-order valence-corrected chi connectivity index (χ3v) is 4.66. The van der Waals surface area contributed by atoms with E-state index >= 15 is 0 Å². The Balaban J connectivity index is 2.21. The van der Waals surface area contributed by atoms with Crippen molar-refractivity contribution >= 4 is 34.7 Å². The molecule has 114 valence electrons. The maximum absolute atomic E-state index is 13.5. The summed E-state index contributed by atoms with van der Waals surface area (Å²) in [4.78, 5) is 12.7. The van der Waals surface area contributed by atoms with Crippen LogP contribution in [0.25, 0.3) is 0 Å². The van der Waals surface area contributed by atoms with Crippen LogP contribution in [0.3, 0.4) is 0 Å². The van der Waals surface area contributed by atoms with Gasteiger partial charge in [0, 0.05) is 5.56 Å². The molecule has 6 heteroatoms. The van der Waals surface area contributed by atoms with E-state index in [0.717, 1.165) is 44.6 Å². The number of halogens is 2. The van der Waals surface area contributed by atoms with Gasteiger partial charge in [0.15, 0.2) is 0 Å². The first kappa shape index (κ1) is 16.2. The number of nitrogens with two attached hydrogens (primary N) is 1. The second-order valence-corrected chi connectivity index (χ2v) is 6.29. The SMILES string of the molecule is NC(=S)C1(NC(=O)c2ccc(Cl)c(F)c2)CCCCCC1. The van der Waals surface area contributed by atoms with Gasteiger partial charge in [0.1, 0.15) is 5.82 Å². The zero-order valence-electron chi connectivity index (χ0n) is 11.6. The molecule has 0 bridgehead atoms. The second-order valence-electron chi connectivity index (χ2n) is 5.44. The Morgan fingerprint density at radius 2 is 1.90 bits per heavy atom. The molecular formula is C15H18ClFN2OS. The summed E-state index contributed by atoms with van der Waals surface area (Å²) in [7, 11) is 0. The van der Waals surface area contributed by atoms with Crippen LogP contribution in [-0.4, -0.2) is 16.4 Å². The van der Waals surface area contributed by atoms with Gasteiger partial charge >= 0.3 is 0 Å². The quantitative estimate of drug-likeness (QED) is 0.658. The largest absolute Gasteiger partial charge is 0.391 e. The molecule has 2 rings (SSSR count). The summed E-state index contributed by atoms with van der Waals surface area (Å²) in [5, 5.41) is 2.91. The molecule has 0 aromatic heterocycles. The number of rotatable bonds is 3. The summed E-state index contributed by atoms with van der Waals surface area (Å²) < 4.78 is 13.5. The van der Waals surface area contributed by atoms with Crippen molar-refractivity contribution in [1.82, 2.24) is 5.32 Å². The van der Waals surface area contributed by atoms with Gasteiger partial charge in [-0.2, -0.15) is 0 Å². The topological polar surface area (TPSA) is 55.1 Å². The van der Waals surface area contributed by atoms with Crippen LogP contribution in [0.2, 0.25) is 5.02 Å². The number of amides is 1. The molecule has 1 aromatic carbocycles. The number of carbonyl (C=O) groups excluding carboxylic acids is 1. The summed E-state index contributed by atoms with van der Waals surface area (Å²) in [5.74, 6) is -0.991. The minimum absolute atomic E-state index is 0.00919. The van der Waals surface area contributed by atoms with E-state index < -0.39 is 11.4 Å². The molecule has 1 aliphatic rings. The highest BCUT2D eigenvalue weighted by atomic mass is 35.5. The molecule has 0 heterocycles. The smallest absolute Gasteiger partial charge is 0.252 e. The lowest BCUT2D eigenvalue weighted by Gasteiger charge is -2.33. The minimum atomic E-state index is -0.668. The molecule has 1 saturated carbocycles. The van der Waals surface area contributed by atoms with Crippen molar-refractivity contribution in [3.05, 3.63) is 34.6 Å². The Hall–Kier alpha value is -1.20. The summed E-state index contributed by atoms with van der Waals surface area (Å²) in [6.07, 6.45) is 5.60. The van der Waals surface area contributed by atoms with Crippen LogP contribution < -0.4 is 11.1 Å².